The molecule has 3 nitrogen and oxygen atoms in total. The van der Waals surface area contributed by atoms with Gasteiger partial charge in [-0.05, 0) is 31.4 Å². The van der Waals surface area contributed by atoms with Crippen molar-refractivity contribution in [3.05, 3.63) is 32.8 Å². The number of rotatable bonds is 3. The molecule has 20 heavy (non-hydrogen) atoms. The Morgan fingerprint density at radius 2 is 1.95 bits per heavy atom. The number of hydrogen-bond donors (Lipinski definition) is 1. The van der Waals surface area contributed by atoms with E-state index in [1.807, 2.05) is 13.0 Å². The first kappa shape index (κ1) is 16.4. The second kappa shape index (κ2) is 6.41. The Labute approximate surface area is 134 Å². The average molecular weight is 357 g/mol. The molecule has 0 saturated carbocycles. The lowest BCUT2D eigenvalue weighted by Crippen LogP contribution is -2.41. The molecule has 0 aromatic heterocycles. The molecule has 0 aliphatic carbocycles. The fourth-order valence-corrected chi connectivity index (χ4v) is 4.83. The van der Waals surface area contributed by atoms with Crippen molar-refractivity contribution in [2.24, 2.45) is 0 Å². The lowest BCUT2D eigenvalue weighted by Gasteiger charge is -2.27. The number of halogens is 3. The minimum atomic E-state index is -2.93. The fraction of sp³-hybridized carbons (Fsp3) is 0.538. The van der Waals surface area contributed by atoms with E-state index < -0.39 is 9.84 Å². The Morgan fingerprint density at radius 1 is 1.25 bits per heavy atom. The van der Waals surface area contributed by atoms with Crippen LogP contribution in [0.25, 0.3) is 0 Å². The number of hydrogen-bond acceptors (Lipinski definition) is 3. The van der Waals surface area contributed by atoms with Crippen molar-refractivity contribution >= 4 is 44.6 Å². The van der Waals surface area contributed by atoms with E-state index in [0.29, 0.717) is 21.5 Å². The van der Waals surface area contributed by atoms with Crippen molar-refractivity contribution in [3.63, 3.8) is 0 Å². The molecule has 112 valence electrons. The van der Waals surface area contributed by atoms with Crippen molar-refractivity contribution in [1.29, 1.82) is 0 Å². The second-order valence-electron chi connectivity index (χ2n) is 5.11. The maximum absolute atomic E-state index is 11.6. The van der Waals surface area contributed by atoms with Crippen LogP contribution in [0.3, 0.4) is 0 Å². The smallest absolute Gasteiger partial charge is 0.151 e. The van der Waals surface area contributed by atoms with E-state index in [1.54, 1.807) is 6.07 Å². The lowest BCUT2D eigenvalue weighted by molar-refractivity contribution is 0.437. The normalized spacial score (nSPS) is 23.5. The molecular weight excluding hydrogens is 341 g/mol. The molecule has 0 radical (unpaired) electrons. The Bertz CT molecular complexity index is 604. The van der Waals surface area contributed by atoms with Crippen LogP contribution in [0.2, 0.25) is 15.1 Å². The van der Waals surface area contributed by atoms with Crippen LogP contribution >= 0.6 is 34.8 Å². The minimum Gasteiger partial charge on any atom is -0.306 e. The highest BCUT2D eigenvalue weighted by molar-refractivity contribution is 7.91. The molecule has 1 heterocycles. The quantitative estimate of drug-likeness (QED) is 0.836. The van der Waals surface area contributed by atoms with Gasteiger partial charge in [0.15, 0.2) is 9.84 Å². The van der Waals surface area contributed by atoms with Gasteiger partial charge in [-0.2, -0.15) is 0 Å². The molecule has 1 aromatic rings. The molecule has 1 fully saturated rings. The van der Waals surface area contributed by atoms with Gasteiger partial charge in [0.05, 0.1) is 26.6 Å². The largest absolute Gasteiger partial charge is 0.306 e. The zero-order valence-electron chi connectivity index (χ0n) is 11.0. The Balaban J connectivity index is 2.12. The summed E-state index contributed by atoms with van der Waals surface area (Å²) in [5.41, 5.74) is 0.823. The van der Waals surface area contributed by atoms with Crippen LogP contribution < -0.4 is 5.32 Å². The molecule has 1 aliphatic heterocycles. The molecule has 2 unspecified atom stereocenters. The summed E-state index contributed by atoms with van der Waals surface area (Å²) in [6.45, 7) is 1.94. The Morgan fingerprint density at radius 3 is 2.60 bits per heavy atom. The summed E-state index contributed by atoms with van der Waals surface area (Å²) < 4.78 is 23.3. The van der Waals surface area contributed by atoms with E-state index in [2.05, 4.69) is 5.32 Å². The van der Waals surface area contributed by atoms with Crippen LogP contribution in [0, 0.1) is 0 Å². The summed E-state index contributed by atoms with van der Waals surface area (Å²) >= 11 is 18.1. The first-order chi connectivity index (χ1) is 9.30. The number of nitrogens with one attached hydrogen (secondary N) is 1. The van der Waals surface area contributed by atoms with Crippen LogP contribution in [0.1, 0.15) is 31.4 Å². The summed E-state index contributed by atoms with van der Waals surface area (Å²) in [5, 5.41) is 4.47. The average Bonchev–Trinajstić information content (AvgIpc) is 2.34. The van der Waals surface area contributed by atoms with Gasteiger partial charge in [-0.1, -0.05) is 40.9 Å². The first-order valence-corrected chi connectivity index (χ1v) is 9.35. The molecule has 0 amide bonds. The highest BCUT2D eigenvalue weighted by Crippen LogP contribution is 2.35. The monoisotopic (exact) mass is 355 g/mol. The first-order valence-electron chi connectivity index (χ1n) is 6.40. The summed E-state index contributed by atoms with van der Waals surface area (Å²) in [5.74, 6) is 0.462. The van der Waals surface area contributed by atoms with E-state index in [4.69, 9.17) is 34.8 Å². The molecule has 1 aromatic carbocycles. The highest BCUT2D eigenvalue weighted by atomic mass is 35.5. The third kappa shape index (κ3) is 3.80. The van der Waals surface area contributed by atoms with Crippen molar-refractivity contribution in [2.75, 3.05) is 11.5 Å². The van der Waals surface area contributed by atoms with E-state index >= 15 is 0 Å². The standard InChI is InChI=1S/C13H16Cl3NO2S/c1-8(10-4-5-11(14)13(16)12(10)15)17-9-3-2-6-20(18,19)7-9/h4-5,8-9,17H,2-3,6-7H2,1H3. The molecular formula is C13H16Cl3NO2S. The molecule has 1 N–H and O–H groups in total. The van der Waals surface area contributed by atoms with Gasteiger partial charge in [-0.25, -0.2) is 8.42 Å². The number of benzene rings is 1. The summed E-state index contributed by atoms with van der Waals surface area (Å²) in [6, 6.07) is 3.37. The predicted molar refractivity (Wildman–Crippen MR) is 84.7 cm³/mol. The lowest BCUT2D eigenvalue weighted by atomic mass is 10.1. The van der Waals surface area contributed by atoms with Gasteiger partial charge in [0.2, 0.25) is 0 Å². The molecule has 1 aliphatic rings. The molecule has 2 atom stereocenters. The van der Waals surface area contributed by atoms with Crippen molar-refractivity contribution in [1.82, 2.24) is 5.32 Å². The minimum absolute atomic E-state index is 0.0470. The van der Waals surface area contributed by atoms with Gasteiger partial charge >= 0.3 is 0 Å². The van der Waals surface area contributed by atoms with Gasteiger partial charge < -0.3 is 5.32 Å². The Kier molecular flexibility index (Phi) is 5.24. The maximum atomic E-state index is 11.6. The van der Waals surface area contributed by atoms with E-state index in [9.17, 15) is 8.42 Å². The zero-order valence-corrected chi connectivity index (χ0v) is 14.1. The van der Waals surface area contributed by atoms with Crippen LogP contribution in [-0.4, -0.2) is 26.0 Å². The molecule has 0 bridgehead atoms. The van der Waals surface area contributed by atoms with Gasteiger partial charge in [0.1, 0.15) is 0 Å². The summed E-state index contributed by atoms with van der Waals surface area (Å²) in [7, 11) is -2.93. The van der Waals surface area contributed by atoms with Gasteiger partial charge in [-0.3, -0.25) is 0 Å². The van der Waals surface area contributed by atoms with E-state index in [1.165, 1.54) is 0 Å². The van der Waals surface area contributed by atoms with Crippen LogP contribution in [0.5, 0.6) is 0 Å². The van der Waals surface area contributed by atoms with Crippen molar-refractivity contribution < 1.29 is 8.42 Å². The highest BCUT2D eigenvalue weighted by Gasteiger charge is 2.26. The van der Waals surface area contributed by atoms with Gasteiger partial charge in [0.25, 0.3) is 0 Å². The van der Waals surface area contributed by atoms with Gasteiger partial charge in [-0.15, -0.1) is 0 Å². The molecule has 1 saturated heterocycles. The fourth-order valence-electron chi connectivity index (χ4n) is 2.47. The van der Waals surface area contributed by atoms with Crippen molar-refractivity contribution in [3.8, 4) is 0 Å². The third-order valence-corrected chi connectivity index (χ3v) is 6.61. The van der Waals surface area contributed by atoms with Crippen LogP contribution in [-0.2, 0) is 9.84 Å². The predicted octanol–water partition coefficient (Wildman–Crippen LogP) is 3.87. The topological polar surface area (TPSA) is 46.2 Å². The molecule has 7 heteroatoms. The number of sulfone groups is 1. The van der Waals surface area contributed by atoms with E-state index in [0.717, 1.165) is 12.0 Å². The van der Waals surface area contributed by atoms with Crippen LogP contribution in [0.15, 0.2) is 12.1 Å². The van der Waals surface area contributed by atoms with Gasteiger partial charge in [0, 0.05) is 12.1 Å². The maximum Gasteiger partial charge on any atom is 0.151 e. The summed E-state index contributed by atoms with van der Waals surface area (Å²) in [4.78, 5) is 0. The van der Waals surface area contributed by atoms with Crippen LogP contribution in [0.4, 0.5) is 0 Å². The van der Waals surface area contributed by atoms with E-state index in [-0.39, 0.29) is 23.6 Å². The molecule has 0 spiro atoms. The third-order valence-electron chi connectivity index (χ3n) is 3.48. The Hall–Kier alpha value is -0.000000000000000167. The summed E-state index contributed by atoms with van der Waals surface area (Å²) in [6.07, 6.45) is 1.55. The SMILES string of the molecule is CC(NC1CCCS(=O)(=O)C1)c1ccc(Cl)c(Cl)c1Cl. The van der Waals surface area contributed by atoms with Crippen molar-refractivity contribution in [2.45, 2.75) is 31.8 Å². The second-order valence-corrected chi connectivity index (χ2v) is 8.50. The molecule has 2 rings (SSSR count). The zero-order chi connectivity index (χ0) is 14.9.